The number of likely N-dealkylation sites (tertiary alicyclic amines) is 1. The molecular weight excluding hydrogens is 400 g/mol. The van der Waals surface area contributed by atoms with Gasteiger partial charge >= 0.3 is 0 Å². The lowest BCUT2D eigenvalue weighted by molar-refractivity contribution is 0.0520. The maximum absolute atomic E-state index is 13.4. The van der Waals surface area contributed by atoms with Gasteiger partial charge in [-0.3, -0.25) is 4.79 Å². The number of sulfonamides is 1. The summed E-state index contributed by atoms with van der Waals surface area (Å²) in [6, 6.07) is 5.26. The van der Waals surface area contributed by atoms with E-state index in [1.54, 1.807) is 6.07 Å². The van der Waals surface area contributed by atoms with Gasteiger partial charge in [0, 0.05) is 31.7 Å². The molecule has 1 saturated carbocycles. The first-order chi connectivity index (χ1) is 14.4. The summed E-state index contributed by atoms with van der Waals surface area (Å²) in [5.41, 5.74) is 1.25. The first-order valence-corrected chi connectivity index (χ1v) is 12.8. The molecule has 3 aliphatic rings. The van der Waals surface area contributed by atoms with E-state index in [-0.39, 0.29) is 16.7 Å². The number of amides is 1. The first-order valence-electron chi connectivity index (χ1n) is 11.4. The Balaban J connectivity index is 1.61. The summed E-state index contributed by atoms with van der Waals surface area (Å²) in [6.07, 6.45) is 6.14. The van der Waals surface area contributed by atoms with Gasteiger partial charge in [0.05, 0.1) is 18.1 Å². The van der Waals surface area contributed by atoms with Gasteiger partial charge in [0.2, 0.25) is 10.0 Å². The minimum atomic E-state index is -3.66. The van der Waals surface area contributed by atoms with E-state index < -0.39 is 10.0 Å². The second-order valence-corrected chi connectivity index (χ2v) is 11.2. The molecule has 6 nitrogen and oxygen atoms in total. The summed E-state index contributed by atoms with van der Waals surface area (Å²) < 4.78 is 33.6. The molecule has 166 valence electrons. The zero-order valence-electron chi connectivity index (χ0n) is 18.2. The van der Waals surface area contributed by atoms with Gasteiger partial charge in [-0.1, -0.05) is 39.2 Å². The fraction of sp³-hybridized carbons (Fsp3) is 0.696. The molecule has 0 radical (unpaired) electrons. The van der Waals surface area contributed by atoms with Gasteiger partial charge in [-0.25, -0.2) is 8.42 Å². The van der Waals surface area contributed by atoms with Gasteiger partial charge in [-0.15, -0.1) is 0 Å². The van der Waals surface area contributed by atoms with E-state index in [4.69, 9.17) is 4.74 Å². The summed E-state index contributed by atoms with van der Waals surface area (Å²) in [6.45, 7) is 7.08. The van der Waals surface area contributed by atoms with Crippen LogP contribution in [0, 0.1) is 11.8 Å². The van der Waals surface area contributed by atoms with Crippen molar-refractivity contribution in [2.45, 2.75) is 56.8 Å². The molecule has 1 aliphatic carbocycles. The fourth-order valence-electron chi connectivity index (χ4n) is 5.26. The average molecular weight is 435 g/mol. The minimum Gasteiger partial charge on any atom is -0.379 e. The maximum Gasteiger partial charge on any atom is 0.253 e. The van der Waals surface area contributed by atoms with Gasteiger partial charge in [0.15, 0.2) is 0 Å². The first kappa shape index (κ1) is 21.8. The monoisotopic (exact) mass is 434 g/mol. The van der Waals surface area contributed by atoms with E-state index in [0.29, 0.717) is 37.8 Å². The van der Waals surface area contributed by atoms with Crippen molar-refractivity contribution < 1.29 is 17.9 Å². The summed E-state index contributed by atoms with van der Waals surface area (Å²) in [7, 11) is -3.66. The number of carbonyl (C=O) groups excluding carboxylic acids is 1. The summed E-state index contributed by atoms with van der Waals surface area (Å²) in [5, 5.41) is 0. The molecule has 1 aromatic rings. The Kier molecular flexibility index (Phi) is 6.51. The van der Waals surface area contributed by atoms with Crippen LogP contribution in [0.1, 0.15) is 67.8 Å². The Bertz CT molecular complexity index is 877. The third-order valence-corrected chi connectivity index (χ3v) is 9.00. The summed E-state index contributed by atoms with van der Waals surface area (Å²) in [5.74, 6) is 1.37. The maximum atomic E-state index is 13.4. The molecule has 30 heavy (non-hydrogen) atoms. The van der Waals surface area contributed by atoms with Crippen LogP contribution >= 0.6 is 0 Å². The minimum absolute atomic E-state index is 0.0345. The SMILES string of the molecule is CC(C)c1ccc(C(=O)N2CCC3CCCCC3C2)cc1S(=O)(=O)N1CCOCC1. The van der Waals surface area contributed by atoms with Crippen molar-refractivity contribution in [3.63, 3.8) is 0 Å². The molecule has 3 fully saturated rings. The molecular formula is C23H34N2O4S. The number of carbonyl (C=O) groups is 1. The van der Waals surface area contributed by atoms with Crippen LogP contribution in [0.25, 0.3) is 0 Å². The van der Waals surface area contributed by atoms with Crippen LogP contribution in [0.3, 0.4) is 0 Å². The lowest BCUT2D eigenvalue weighted by Gasteiger charge is -2.41. The lowest BCUT2D eigenvalue weighted by atomic mass is 9.75. The molecule has 1 aromatic carbocycles. The van der Waals surface area contributed by atoms with Gasteiger partial charge < -0.3 is 9.64 Å². The molecule has 0 N–H and O–H groups in total. The van der Waals surface area contributed by atoms with E-state index >= 15 is 0 Å². The van der Waals surface area contributed by atoms with Crippen molar-refractivity contribution in [3.8, 4) is 0 Å². The normalized spacial score (nSPS) is 25.9. The highest BCUT2D eigenvalue weighted by molar-refractivity contribution is 7.89. The number of piperidine rings is 1. The van der Waals surface area contributed by atoms with Crippen LogP contribution in [0.2, 0.25) is 0 Å². The highest BCUT2D eigenvalue weighted by atomic mass is 32.2. The molecule has 2 aliphatic heterocycles. The molecule has 2 unspecified atom stereocenters. The zero-order valence-corrected chi connectivity index (χ0v) is 19.0. The predicted octanol–water partition coefficient (Wildman–Crippen LogP) is 3.48. The molecule has 2 atom stereocenters. The molecule has 2 heterocycles. The third kappa shape index (κ3) is 4.30. The average Bonchev–Trinajstić information content (AvgIpc) is 2.78. The number of fused-ring (bicyclic) bond motifs is 1. The molecule has 4 rings (SSSR count). The van der Waals surface area contributed by atoms with Crippen LogP contribution < -0.4 is 0 Å². The highest BCUT2D eigenvalue weighted by Gasteiger charge is 2.34. The van der Waals surface area contributed by atoms with Crippen molar-refractivity contribution in [1.82, 2.24) is 9.21 Å². The quantitative estimate of drug-likeness (QED) is 0.728. The second-order valence-electron chi connectivity index (χ2n) is 9.27. The number of ether oxygens (including phenoxy) is 1. The molecule has 7 heteroatoms. The predicted molar refractivity (Wildman–Crippen MR) is 116 cm³/mol. The number of hydrogen-bond donors (Lipinski definition) is 0. The van der Waals surface area contributed by atoms with Gasteiger partial charge in [0.1, 0.15) is 0 Å². The van der Waals surface area contributed by atoms with Gasteiger partial charge in [0.25, 0.3) is 5.91 Å². The number of morpholine rings is 1. The molecule has 0 bridgehead atoms. The Morgan fingerprint density at radius 3 is 2.43 bits per heavy atom. The fourth-order valence-corrected chi connectivity index (χ4v) is 7.05. The number of nitrogens with zero attached hydrogens (tertiary/aromatic N) is 2. The zero-order chi connectivity index (χ0) is 21.3. The molecule has 2 saturated heterocycles. The van der Waals surface area contributed by atoms with Gasteiger partial charge in [-0.05, 0) is 48.3 Å². The number of hydrogen-bond acceptors (Lipinski definition) is 4. The van der Waals surface area contributed by atoms with E-state index in [9.17, 15) is 13.2 Å². The molecule has 1 amide bonds. The van der Waals surface area contributed by atoms with Crippen molar-refractivity contribution in [1.29, 1.82) is 0 Å². The number of rotatable bonds is 4. The Morgan fingerprint density at radius 2 is 1.73 bits per heavy atom. The largest absolute Gasteiger partial charge is 0.379 e. The summed E-state index contributed by atoms with van der Waals surface area (Å²) >= 11 is 0. The highest BCUT2D eigenvalue weighted by Crippen LogP contribution is 2.37. The Labute approximate surface area is 180 Å². The molecule has 0 aromatic heterocycles. The standard InChI is InChI=1S/C23H34N2O4S/c1-17(2)21-8-7-19(15-22(21)30(27,28)25-11-13-29-14-12-25)23(26)24-10-9-18-5-3-4-6-20(18)16-24/h7-8,15,17-18,20H,3-6,9-14,16H2,1-2H3. The van der Waals surface area contributed by atoms with E-state index in [1.165, 1.54) is 30.0 Å². The van der Waals surface area contributed by atoms with Gasteiger partial charge in [-0.2, -0.15) is 4.31 Å². The van der Waals surface area contributed by atoms with Crippen molar-refractivity contribution >= 4 is 15.9 Å². The number of benzene rings is 1. The van der Waals surface area contributed by atoms with Crippen LogP contribution in [-0.4, -0.2) is 62.9 Å². The smallest absolute Gasteiger partial charge is 0.253 e. The van der Waals surface area contributed by atoms with Crippen molar-refractivity contribution in [2.75, 3.05) is 39.4 Å². The Morgan fingerprint density at radius 1 is 1.03 bits per heavy atom. The van der Waals surface area contributed by atoms with Crippen LogP contribution in [0.4, 0.5) is 0 Å². The van der Waals surface area contributed by atoms with Crippen LogP contribution in [0.15, 0.2) is 23.1 Å². The second kappa shape index (κ2) is 8.97. The van der Waals surface area contributed by atoms with Crippen LogP contribution in [-0.2, 0) is 14.8 Å². The van der Waals surface area contributed by atoms with Crippen molar-refractivity contribution in [2.24, 2.45) is 11.8 Å². The van der Waals surface area contributed by atoms with E-state index in [1.807, 2.05) is 30.9 Å². The molecule has 0 spiro atoms. The topological polar surface area (TPSA) is 66.9 Å². The Hall–Kier alpha value is -1.44. The lowest BCUT2D eigenvalue weighted by Crippen LogP contribution is -2.45. The summed E-state index contributed by atoms with van der Waals surface area (Å²) in [4.78, 5) is 15.5. The van der Waals surface area contributed by atoms with E-state index in [0.717, 1.165) is 31.0 Å². The third-order valence-electron chi connectivity index (χ3n) is 7.05. The van der Waals surface area contributed by atoms with Crippen LogP contribution in [0.5, 0.6) is 0 Å². The van der Waals surface area contributed by atoms with E-state index in [2.05, 4.69) is 0 Å². The van der Waals surface area contributed by atoms with Crippen molar-refractivity contribution in [3.05, 3.63) is 29.3 Å².